The van der Waals surface area contributed by atoms with E-state index >= 15 is 0 Å². The molecular formula is C6H10N2S. The van der Waals surface area contributed by atoms with Crippen molar-refractivity contribution < 1.29 is 0 Å². The molecule has 0 bridgehead atoms. The summed E-state index contributed by atoms with van der Waals surface area (Å²) in [5, 5.41) is 0.860. The molecule has 0 radical (unpaired) electrons. The van der Waals surface area contributed by atoms with Gasteiger partial charge >= 0.3 is 0 Å². The highest BCUT2D eigenvalue weighted by atomic mass is 32.2. The minimum Gasteiger partial charge on any atom is -0.312 e. The molecule has 0 aliphatic carbocycles. The number of nitrogens with one attached hydrogen (secondary N) is 1. The van der Waals surface area contributed by atoms with Crippen molar-refractivity contribution >= 4 is 17.8 Å². The van der Waals surface area contributed by atoms with E-state index in [0.29, 0.717) is 5.92 Å². The lowest BCUT2D eigenvalue weighted by atomic mass is 10.2. The van der Waals surface area contributed by atoms with Crippen LogP contribution < -0.4 is 4.72 Å². The Morgan fingerprint density at radius 3 is 2.56 bits per heavy atom. The molecule has 1 aliphatic rings. The van der Waals surface area contributed by atoms with E-state index in [9.17, 15) is 0 Å². The Balaban J connectivity index is 2.62. The van der Waals surface area contributed by atoms with Gasteiger partial charge in [-0.2, -0.15) is 0 Å². The summed E-state index contributed by atoms with van der Waals surface area (Å²) in [4.78, 5) is 4.16. The van der Waals surface area contributed by atoms with Crippen LogP contribution in [-0.2, 0) is 0 Å². The van der Waals surface area contributed by atoms with Crippen molar-refractivity contribution in [2.75, 3.05) is 0 Å². The van der Waals surface area contributed by atoms with E-state index in [1.165, 1.54) is 11.9 Å². The molecule has 1 rings (SSSR count). The van der Waals surface area contributed by atoms with E-state index in [4.69, 9.17) is 0 Å². The van der Waals surface area contributed by atoms with Crippen molar-refractivity contribution in [2.45, 2.75) is 13.8 Å². The quantitative estimate of drug-likeness (QED) is 0.564. The summed E-state index contributed by atoms with van der Waals surface area (Å²) in [6, 6.07) is 0. The second kappa shape index (κ2) is 2.43. The molecule has 3 heteroatoms. The zero-order valence-corrected chi connectivity index (χ0v) is 6.46. The normalized spacial score (nSPS) is 18.1. The van der Waals surface area contributed by atoms with Gasteiger partial charge in [-0.25, -0.2) is 4.99 Å². The first-order valence-electron chi connectivity index (χ1n) is 2.90. The van der Waals surface area contributed by atoms with Gasteiger partial charge in [0.05, 0.1) is 0 Å². The van der Waals surface area contributed by atoms with Gasteiger partial charge in [-0.1, -0.05) is 20.4 Å². The molecule has 1 N–H and O–H groups in total. The molecule has 0 aromatic carbocycles. The number of hydrogen-bond donors (Lipinski definition) is 1. The first kappa shape index (κ1) is 6.68. The van der Waals surface area contributed by atoms with Gasteiger partial charge in [-0.3, -0.25) is 0 Å². The van der Waals surface area contributed by atoms with Gasteiger partial charge in [0.15, 0.2) is 0 Å². The third kappa shape index (κ3) is 1.48. The summed E-state index contributed by atoms with van der Waals surface area (Å²) in [6.45, 7) is 7.90. The lowest BCUT2D eigenvalue weighted by Crippen LogP contribution is -2.17. The minimum atomic E-state index is 0.483. The molecule has 9 heavy (non-hydrogen) atoms. The highest BCUT2D eigenvalue weighted by molar-refractivity contribution is 8.02. The molecule has 0 saturated heterocycles. The number of rotatable bonds is 1. The Labute approximate surface area is 59.6 Å². The minimum absolute atomic E-state index is 0.483. The van der Waals surface area contributed by atoms with Crippen molar-refractivity contribution in [1.82, 2.24) is 4.72 Å². The van der Waals surface area contributed by atoms with E-state index in [0.717, 1.165) is 10.9 Å². The highest BCUT2D eigenvalue weighted by Crippen LogP contribution is 2.19. The lowest BCUT2D eigenvalue weighted by molar-refractivity contribution is 0.867. The summed E-state index contributed by atoms with van der Waals surface area (Å²) in [7, 11) is 0. The molecule has 0 amide bonds. The Kier molecular flexibility index (Phi) is 1.81. The molecular weight excluding hydrogens is 132 g/mol. The molecule has 2 nitrogen and oxygen atoms in total. The van der Waals surface area contributed by atoms with Gasteiger partial charge in [-0.15, -0.1) is 0 Å². The SMILES string of the molecule is C=C1N=C(C(C)C)NS1. The summed E-state index contributed by atoms with van der Waals surface area (Å²) >= 11 is 1.49. The summed E-state index contributed by atoms with van der Waals surface area (Å²) in [5.41, 5.74) is 0. The van der Waals surface area contributed by atoms with Crippen LogP contribution in [0.4, 0.5) is 0 Å². The van der Waals surface area contributed by atoms with Crippen LogP contribution >= 0.6 is 11.9 Å². The van der Waals surface area contributed by atoms with Crippen molar-refractivity contribution in [2.24, 2.45) is 10.9 Å². The maximum absolute atomic E-state index is 4.16. The Hall–Kier alpha value is -0.440. The molecule has 0 unspecified atom stereocenters. The van der Waals surface area contributed by atoms with Crippen LogP contribution in [0.3, 0.4) is 0 Å². The zero-order chi connectivity index (χ0) is 6.85. The molecule has 1 heterocycles. The van der Waals surface area contributed by atoms with Gasteiger partial charge in [0.1, 0.15) is 10.9 Å². The van der Waals surface area contributed by atoms with Gasteiger partial charge in [0, 0.05) is 17.9 Å². The molecule has 0 fully saturated rings. The average molecular weight is 142 g/mol. The van der Waals surface area contributed by atoms with Crippen molar-refractivity contribution in [1.29, 1.82) is 0 Å². The summed E-state index contributed by atoms with van der Waals surface area (Å²) < 4.78 is 3.07. The van der Waals surface area contributed by atoms with Crippen molar-refractivity contribution in [3.05, 3.63) is 11.6 Å². The smallest absolute Gasteiger partial charge is 0.116 e. The van der Waals surface area contributed by atoms with E-state index in [1.807, 2.05) is 0 Å². The molecule has 0 aromatic rings. The fourth-order valence-corrected chi connectivity index (χ4v) is 1.19. The first-order chi connectivity index (χ1) is 4.20. The maximum atomic E-state index is 4.16. The van der Waals surface area contributed by atoms with E-state index in [-0.39, 0.29) is 0 Å². The van der Waals surface area contributed by atoms with Gasteiger partial charge in [0.25, 0.3) is 0 Å². The molecule has 0 aromatic heterocycles. The Morgan fingerprint density at radius 1 is 1.67 bits per heavy atom. The van der Waals surface area contributed by atoms with Crippen LogP contribution in [-0.4, -0.2) is 5.84 Å². The number of nitrogens with zero attached hydrogens (tertiary/aromatic N) is 1. The zero-order valence-electron chi connectivity index (χ0n) is 5.64. The second-order valence-corrected chi connectivity index (χ2v) is 3.13. The molecule has 0 atom stereocenters. The highest BCUT2D eigenvalue weighted by Gasteiger charge is 2.11. The Bertz CT molecular complexity index is 160. The first-order valence-corrected chi connectivity index (χ1v) is 3.72. The molecule has 1 aliphatic heterocycles. The van der Waals surface area contributed by atoms with E-state index in [1.54, 1.807) is 0 Å². The van der Waals surface area contributed by atoms with Gasteiger partial charge in [-0.05, 0) is 0 Å². The average Bonchev–Trinajstić information content (AvgIpc) is 2.14. The maximum Gasteiger partial charge on any atom is 0.116 e. The largest absolute Gasteiger partial charge is 0.312 e. The molecule has 0 saturated carbocycles. The van der Waals surface area contributed by atoms with Crippen molar-refractivity contribution in [3.63, 3.8) is 0 Å². The second-order valence-electron chi connectivity index (χ2n) is 2.25. The van der Waals surface area contributed by atoms with Crippen LogP contribution in [0.15, 0.2) is 16.6 Å². The van der Waals surface area contributed by atoms with E-state index < -0.39 is 0 Å². The van der Waals surface area contributed by atoms with Crippen LogP contribution in [0.25, 0.3) is 0 Å². The Morgan fingerprint density at radius 2 is 2.33 bits per heavy atom. The van der Waals surface area contributed by atoms with Gasteiger partial charge < -0.3 is 4.72 Å². The fourth-order valence-electron chi connectivity index (χ4n) is 0.538. The topological polar surface area (TPSA) is 24.4 Å². The molecule has 50 valence electrons. The lowest BCUT2D eigenvalue weighted by Gasteiger charge is -2.01. The summed E-state index contributed by atoms with van der Waals surface area (Å²) in [5.74, 6) is 1.52. The third-order valence-electron chi connectivity index (χ3n) is 1.07. The number of aliphatic imine (C=N–C) groups is 1. The standard InChI is InChI=1S/C6H10N2S/c1-4(2)6-7-5(3)9-8-6/h4H,3H2,1-2H3,(H,7,8). The summed E-state index contributed by atoms with van der Waals surface area (Å²) in [6.07, 6.45) is 0. The van der Waals surface area contributed by atoms with Crippen LogP contribution in [0.2, 0.25) is 0 Å². The van der Waals surface area contributed by atoms with E-state index in [2.05, 4.69) is 30.1 Å². The molecule has 0 spiro atoms. The monoisotopic (exact) mass is 142 g/mol. The third-order valence-corrected chi connectivity index (χ3v) is 1.70. The van der Waals surface area contributed by atoms with Gasteiger partial charge in [0.2, 0.25) is 0 Å². The fraction of sp³-hybridized carbons (Fsp3) is 0.500. The van der Waals surface area contributed by atoms with Crippen LogP contribution in [0.1, 0.15) is 13.8 Å². The number of amidine groups is 1. The van der Waals surface area contributed by atoms with Crippen LogP contribution in [0, 0.1) is 5.92 Å². The number of hydrogen-bond acceptors (Lipinski definition) is 3. The van der Waals surface area contributed by atoms with Crippen LogP contribution in [0.5, 0.6) is 0 Å². The predicted molar refractivity (Wildman–Crippen MR) is 42.1 cm³/mol. The van der Waals surface area contributed by atoms with Crippen molar-refractivity contribution in [3.8, 4) is 0 Å². The predicted octanol–water partition coefficient (Wildman–Crippen LogP) is 1.76.